The van der Waals surface area contributed by atoms with Crippen LogP contribution < -0.4 is 0 Å². The average molecular weight is 350 g/mol. The van der Waals surface area contributed by atoms with Crippen LogP contribution in [0.5, 0.6) is 0 Å². The monoisotopic (exact) mass is 350 g/mol. The van der Waals surface area contributed by atoms with E-state index in [1.807, 2.05) is 0 Å². The number of carbonyl (C=O) groups is 2. The summed E-state index contributed by atoms with van der Waals surface area (Å²) in [6.07, 6.45) is 13.8. The smallest absolute Gasteiger partial charge is 0.414 e. The molecule has 0 radical (unpaired) electrons. The van der Waals surface area contributed by atoms with Crippen molar-refractivity contribution in [1.29, 1.82) is 0 Å². The molecule has 0 amide bonds. The van der Waals surface area contributed by atoms with Gasteiger partial charge in [-0.25, -0.2) is 9.59 Å². The van der Waals surface area contributed by atoms with E-state index in [1.54, 1.807) is 0 Å². The van der Waals surface area contributed by atoms with Gasteiger partial charge < -0.3 is 15.1 Å². The van der Waals surface area contributed by atoms with Crippen molar-refractivity contribution in [3.8, 4) is 0 Å². The molecule has 1 aliphatic heterocycles. The van der Waals surface area contributed by atoms with E-state index < -0.39 is 11.9 Å². The maximum Gasteiger partial charge on any atom is 0.414 e. The van der Waals surface area contributed by atoms with E-state index in [1.165, 1.54) is 71.2 Å². The van der Waals surface area contributed by atoms with Crippen molar-refractivity contribution >= 4 is 11.9 Å². The van der Waals surface area contributed by atoms with Crippen LogP contribution in [0.4, 0.5) is 0 Å². The molecule has 1 saturated heterocycles. The Morgan fingerprint density at radius 1 is 0.920 bits per heavy atom. The topological polar surface area (TPSA) is 81.1 Å². The van der Waals surface area contributed by atoms with Gasteiger partial charge in [-0.3, -0.25) is 4.90 Å². The molecule has 2 bridgehead atoms. The van der Waals surface area contributed by atoms with Gasteiger partial charge in [0.1, 0.15) is 0 Å². The SMILES string of the molecule is C1=CC2CC1CC2CN1CCN(C2CCCC2)CC1.O=C(O)C(=O)O. The van der Waals surface area contributed by atoms with Crippen LogP contribution in [-0.4, -0.2) is 70.7 Å². The predicted octanol–water partition coefficient (Wildman–Crippen LogP) is 1.91. The van der Waals surface area contributed by atoms with Gasteiger partial charge in [0.2, 0.25) is 0 Å². The van der Waals surface area contributed by atoms with E-state index in [4.69, 9.17) is 19.8 Å². The van der Waals surface area contributed by atoms with E-state index >= 15 is 0 Å². The van der Waals surface area contributed by atoms with Crippen molar-refractivity contribution in [2.24, 2.45) is 17.8 Å². The summed E-state index contributed by atoms with van der Waals surface area (Å²) in [5.41, 5.74) is 0. The second-order valence-corrected chi connectivity index (χ2v) is 7.93. The molecule has 6 nitrogen and oxygen atoms in total. The highest BCUT2D eigenvalue weighted by Gasteiger charge is 2.37. The molecule has 3 unspecified atom stereocenters. The highest BCUT2D eigenvalue weighted by molar-refractivity contribution is 6.27. The van der Waals surface area contributed by atoms with E-state index in [9.17, 15) is 0 Å². The minimum atomic E-state index is -1.82. The van der Waals surface area contributed by atoms with E-state index in [0.717, 1.165) is 23.8 Å². The number of carboxylic acids is 2. The summed E-state index contributed by atoms with van der Waals surface area (Å²) in [4.78, 5) is 23.7. The summed E-state index contributed by atoms with van der Waals surface area (Å²) in [5.74, 6) is -0.800. The van der Waals surface area contributed by atoms with Crippen LogP contribution in [0.15, 0.2) is 12.2 Å². The zero-order chi connectivity index (χ0) is 17.8. The zero-order valence-corrected chi connectivity index (χ0v) is 14.8. The van der Waals surface area contributed by atoms with Gasteiger partial charge in [-0.1, -0.05) is 25.0 Å². The molecule has 0 aromatic carbocycles. The first-order valence-electron chi connectivity index (χ1n) is 9.64. The fraction of sp³-hybridized carbons (Fsp3) is 0.789. The van der Waals surface area contributed by atoms with Crippen molar-refractivity contribution in [1.82, 2.24) is 9.80 Å². The minimum Gasteiger partial charge on any atom is -0.473 e. The summed E-state index contributed by atoms with van der Waals surface area (Å²) >= 11 is 0. The molecule has 1 heterocycles. The molecule has 2 saturated carbocycles. The lowest BCUT2D eigenvalue weighted by Crippen LogP contribution is -2.50. The first-order valence-corrected chi connectivity index (χ1v) is 9.64. The molecule has 0 aromatic heterocycles. The van der Waals surface area contributed by atoms with Crippen LogP contribution in [0.1, 0.15) is 38.5 Å². The third-order valence-electron chi connectivity index (χ3n) is 6.34. The molecule has 4 aliphatic rings. The zero-order valence-electron chi connectivity index (χ0n) is 14.8. The molecule has 6 heteroatoms. The van der Waals surface area contributed by atoms with E-state index in [0.29, 0.717) is 0 Å². The Balaban J connectivity index is 0.000000265. The van der Waals surface area contributed by atoms with E-state index in [-0.39, 0.29) is 0 Å². The van der Waals surface area contributed by atoms with Gasteiger partial charge in [0.25, 0.3) is 0 Å². The second kappa shape index (κ2) is 8.32. The molecule has 3 fully saturated rings. The number of fused-ring (bicyclic) bond motifs is 2. The van der Waals surface area contributed by atoms with Crippen molar-refractivity contribution in [3.63, 3.8) is 0 Å². The van der Waals surface area contributed by atoms with Crippen LogP contribution in [0.2, 0.25) is 0 Å². The fourth-order valence-electron chi connectivity index (χ4n) is 5.02. The van der Waals surface area contributed by atoms with E-state index in [2.05, 4.69) is 22.0 Å². The lowest BCUT2D eigenvalue weighted by Gasteiger charge is -2.39. The Bertz CT molecular complexity index is 496. The predicted molar refractivity (Wildman–Crippen MR) is 94.4 cm³/mol. The Kier molecular flexibility index (Phi) is 6.12. The van der Waals surface area contributed by atoms with Gasteiger partial charge in [0.05, 0.1) is 0 Å². The van der Waals surface area contributed by atoms with Crippen molar-refractivity contribution < 1.29 is 19.8 Å². The highest BCUT2D eigenvalue weighted by atomic mass is 16.4. The lowest BCUT2D eigenvalue weighted by atomic mass is 9.93. The Hall–Kier alpha value is -1.40. The minimum absolute atomic E-state index is 0.929. The Morgan fingerprint density at radius 2 is 1.56 bits per heavy atom. The average Bonchev–Trinajstić information content (AvgIpc) is 3.34. The van der Waals surface area contributed by atoms with Crippen LogP contribution in [0, 0.1) is 17.8 Å². The number of nitrogens with zero attached hydrogens (tertiary/aromatic N) is 2. The third kappa shape index (κ3) is 4.82. The van der Waals surface area contributed by atoms with Gasteiger partial charge in [-0.2, -0.15) is 0 Å². The summed E-state index contributed by atoms with van der Waals surface area (Å²) < 4.78 is 0. The third-order valence-corrected chi connectivity index (χ3v) is 6.34. The quantitative estimate of drug-likeness (QED) is 0.598. The molecule has 0 aromatic rings. The fourth-order valence-corrected chi connectivity index (χ4v) is 5.02. The largest absolute Gasteiger partial charge is 0.473 e. The van der Waals surface area contributed by atoms with Crippen molar-refractivity contribution in [3.05, 3.63) is 12.2 Å². The van der Waals surface area contributed by atoms with Crippen LogP contribution in [-0.2, 0) is 9.59 Å². The molecule has 3 aliphatic carbocycles. The van der Waals surface area contributed by atoms with Crippen LogP contribution in [0.3, 0.4) is 0 Å². The molecule has 4 rings (SSSR count). The summed E-state index contributed by atoms with van der Waals surface area (Å²) in [5, 5.41) is 14.8. The van der Waals surface area contributed by atoms with Crippen molar-refractivity contribution in [2.45, 2.75) is 44.6 Å². The first-order chi connectivity index (χ1) is 12.0. The molecule has 2 N–H and O–H groups in total. The van der Waals surface area contributed by atoms with Gasteiger partial charge >= 0.3 is 11.9 Å². The number of carboxylic acid groups (broad SMARTS) is 2. The summed E-state index contributed by atoms with van der Waals surface area (Å²) in [7, 11) is 0. The van der Waals surface area contributed by atoms with Gasteiger partial charge in [0, 0.05) is 38.8 Å². The summed E-state index contributed by atoms with van der Waals surface area (Å²) in [6.45, 7) is 6.70. The number of rotatable bonds is 3. The molecule has 0 spiro atoms. The second-order valence-electron chi connectivity index (χ2n) is 7.93. The number of allylic oxidation sites excluding steroid dienone is 2. The Labute approximate surface area is 149 Å². The number of hydrogen-bond acceptors (Lipinski definition) is 4. The Morgan fingerprint density at radius 3 is 2.04 bits per heavy atom. The number of piperazine rings is 1. The molecular weight excluding hydrogens is 320 g/mol. The number of aliphatic carboxylic acids is 2. The lowest BCUT2D eigenvalue weighted by molar-refractivity contribution is -0.159. The highest BCUT2D eigenvalue weighted by Crippen LogP contribution is 2.43. The normalized spacial score (nSPS) is 32.6. The van der Waals surface area contributed by atoms with Crippen LogP contribution in [0.25, 0.3) is 0 Å². The summed E-state index contributed by atoms with van der Waals surface area (Å²) in [6, 6.07) is 0.938. The van der Waals surface area contributed by atoms with Gasteiger partial charge in [-0.05, 0) is 43.4 Å². The van der Waals surface area contributed by atoms with Gasteiger partial charge in [-0.15, -0.1) is 0 Å². The molecule has 25 heavy (non-hydrogen) atoms. The molecule has 3 atom stereocenters. The maximum absolute atomic E-state index is 9.10. The maximum atomic E-state index is 9.10. The standard InChI is InChI=1S/C17H28N2.C2H2O4/c1-2-4-17(3-1)19-9-7-18(8-10-19)13-16-12-14-5-6-15(16)11-14;3-1(4)2(5)6/h5-6,14-17H,1-4,7-13H2;(H,3,4)(H,5,6). The van der Waals surface area contributed by atoms with Crippen molar-refractivity contribution in [2.75, 3.05) is 32.7 Å². The molecular formula is C19H30N2O4. The number of hydrogen-bond donors (Lipinski definition) is 2. The van der Waals surface area contributed by atoms with Crippen LogP contribution >= 0.6 is 0 Å². The molecule has 140 valence electrons. The first kappa shape index (κ1) is 18.4. The van der Waals surface area contributed by atoms with Gasteiger partial charge in [0.15, 0.2) is 0 Å².